The van der Waals surface area contributed by atoms with E-state index >= 15 is 0 Å². The van der Waals surface area contributed by atoms with Gasteiger partial charge in [-0.3, -0.25) is 14.5 Å². The lowest BCUT2D eigenvalue weighted by atomic mass is 9.99. The highest BCUT2D eigenvalue weighted by atomic mass is 32.1. The minimum atomic E-state index is -0.782. The van der Waals surface area contributed by atoms with Crippen LogP contribution in [0.2, 0.25) is 0 Å². The highest BCUT2D eigenvalue weighted by Gasteiger charge is 2.48. The van der Waals surface area contributed by atoms with Gasteiger partial charge < -0.3 is 14.8 Å². The lowest BCUT2D eigenvalue weighted by molar-refractivity contribution is -0.132. The van der Waals surface area contributed by atoms with Crippen LogP contribution >= 0.6 is 22.7 Å². The molecule has 1 saturated heterocycles. The van der Waals surface area contributed by atoms with Crippen LogP contribution in [0.1, 0.15) is 23.4 Å². The molecule has 1 atom stereocenters. The second-order valence-electron chi connectivity index (χ2n) is 7.99. The van der Waals surface area contributed by atoms with Gasteiger partial charge in [-0.05, 0) is 42.6 Å². The Labute approximate surface area is 207 Å². The Balaban J connectivity index is 1.53. The van der Waals surface area contributed by atoms with Crippen LogP contribution in [0.25, 0.3) is 26.9 Å². The van der Waals surface area contributed by atoms with E-state index in [0.29, 0.717) is 28.6 Å². The van der Waals surface area contributed by atoms with Gasteiger partial charge in [-0.2, -0.15) is 0 Å². The third kappa shape index (κ3) is 3.43. The fourth-order valence-corrected chi connectivity index (χ4v) is 6.25. The Hall–Kier alpha value is -3.95. The second-order valence-corrected chi connectivity index (χ2v) is 9.98. The topological polar surface area (TPSA) is 95.5 Å². The van der Waals surface area contributed by atoms with Gasteiger partial charge in [0, 0.05) is 27.5 Å². The number of hydrogen-bond acceptors (Lipinski definition) is 7. The van der Waals surface area contributed by atoms with Crippen LogP contribution < -0.4 is 9.64 Å². The number of rotatable bonds is 5. The summed E-state index contributed by atoms with van der Waals surface area (Å²) in [5, 5.41) is 14.4. The molecule has 2 aromatic carbocycles. The predicted octanol–water partition coefficient (Wildman–Crippen LogP) is 5.86. The summed E-state index contributed by atoms with van der Waals surface area (Å²) in [6, 6.07) is 16.0. The first-order valence-electron chi connectivity index (χ1n) is 11.0. The summed E-state index contributed by atoms with van der Waals surface area (Å²) in [4.78, 5) is 36.7. The Kier molecular flexibility index (Phi) is 5.16. The molecule has 1 aliphatic heterocycles. The number of carbonyl (C=O) groups is 2. The zero-order chi connectivity index (χ0) is 24.1. The number of ketones is 1. The van der Waals surface area contributed by atoms with Gasteiger partial charge in [0.05, 0.1) is 22.4 Å². The maximum absolute atomic E-state index is 13.4. The number of amides is 1. The first-order valence-corrected chi connectivity index (χ1v) is 12.7. The molecule has 1 amide bonds. The van der Waals surface area contributed by atoms with Crippen molar-refractivity contribution in [3.8, 4) is 5.75 Å². The summed E-state index contributed by atoms with van der Waals surface area (Å²) in [5.41, 5.74) is 2.06. The van der Waals surface area contributed by atoms with Crippen molar-refractivity contribution in [3.05, 3.63) is 82.2 Å². The van der Waals surface area contributed by atoms with Gasteiger partial charge in [0.1, 0.15) is 17.6 Å². The number of aromatic nitrogens is 2. The number of para-hydroxylation sites is 1. The summed E-state index contributed by atoms with van der Waals surface area (Å²) in [6.07, 6.45) is 1.66. The van der Waals surface area contributed by atoms with Crippen LogP contribution in [0.3, 0.4) is 0 Å². The Morgan fingerprint density at radius 3 is 2.83 bits per heavy atom. The molecule has 1 unspecified atom stereocenters. The van der Waals surface area contributed by atoms with Crippen molar-refractivity contribution in [1.82, 2.24) is 9.97 Å². The number of nitrogens with zero attached hydrogens (tertiary/aromatic N) is 2. The Bertz CT molecular complexity index is 1630. The molecule has 9 heteroatoms. The summed E-state index contributed by atoms with van der Waals surface area (Å²) in [5.74, 6) is -0.942. The van der Waals surface area contributed by atoms with Crippen molar-refractivity contribution >= 4 is 66.4 Å². The molecule has 6 rings (SSSR count). The minimum Gasteiger partial charge on any atom is -0.507 e. The molecule has 35 heavy (non-hydrogen) atoms. The number of nitrogens with one attached hydrogen (secondary N) is 1. The largest absolute Gasteiger partial charge is 0.507 e. The first-order chi connectivity index (χ1) is 17.1. The number of carbonyl (C=O) groups excluding carboxylic acids is 2. The molecule has 0 radical (unpaired) electrons. The van der Waals surface area contributed by atoms with Gasteiger partial charge in [-0.15, -0.1) is 11.3 Å². The molecular weight excluding hydrogens is 482 g/mol. The number of thiazole rings is 1. The molecule has 4 heterocycles. The Morgan fingerprint density at radius 2 is 2.03 bits per heavy atom. The van der Waals surface area contributed by atoms with Crippen LogP contribution in [0.15, 0.2) is 71.7 Å². The number of aliphatic hydroxyl groups excluding tert-OH is 1. The monoisotopic (exact) mass is 501 g/mol. The van der Waals surface area contributed by atoms with E-state index < -0.39 is 17.7 Å². The van der Waals surface area contributed by atoms with Crippen LogP contribution in [0, 0.1) is 0 Å². The van der Waals surface area contributed by atoms with Crippen molar-refractivity contribution in [2.24, 2.45) is 0 Å². The fraction of sp³-hybridized carbons (Fsp3) is 0.115. The van der Waals surface area contributed by atoms with Gasteiger partial charge in [0.15, 0.2) is 5.13 Å². The van der Waals surface area contributed by atoms with Crippen LogP contribution in [0.4, 0.5) is 5.13 Å². The summed E-state index contributed by atoms with van der Waals surface area (Å²) < 4.78 is 6.44. The van der Waals surface area contributed by atoms with Crippen LogP contribution in [-0.4, -0.2) is 33.4 Å². The molecule has 174 valence electrons. The summed E-state index contributed by atoms with van der Waals surface area (Å²) in [7, 11) is 0. The van der Waals surface area contributed by atoms with E-state index in [1.165, 1.54) is 27.6 Å². The third-order valence-corrected chi connectivity index (χ3v) is 7.91. The first kappa shape index (κ1) is 21.6. The lowest BCUT2D eigenvalue weighted by Gasteiger charge is -2.21. The van der Waals surface area contributed by atoms with E-state index in [4.69, 9.17) is 4.74 Å². The normalized spacial score (nSPS) is 17.6. The molecule has 3 aromatic heterocycles. The highest BCUT2D eigenvalue weighted by Crippen LogP contribution is 2.46. The number of H-pyrrole nitrogens is 1. The van der Waals surface area contributed by atoms with Gasteiger partial charge in [0.2, 0.25) is 0 Å². The maximum atomic E-state index is 13.4. The number of fused-ring (bicyclic) bond motifs is 2. The Morgan fingerprint density at radius 1 is 1.17 bits per heavy atom. The minimum absolute atomic E-state index is 0.0523. The standard InChI is InChI=1S/C26H19N3O4S2/c1-2-33-14-9-10-18-20(12-14)35-26(28-18)29-22(19-8-5-11-34-19)21(24(31)25(29)32)23(30)16-13-27-17-7-4-3-6-15(16)17/h3-13,22,27,30H,2H2,1H3/b23-21+. The van der Waals surface area contributed by atoms with E-state index in [1.807, 2.05) is 66.9 Å². The fourth-order valence-electron chi connectivity index (χ4n) is 4.41. The molecule has 2 N–H and O–H groups in total. The molecule has 1 fully saturated rings. The van der Waals surface area contributed by atoms with Crippen molar-refractivity contribution in [2.75, 3.05) is 11.5 Å². The number of thiophene rings is 1. The lowest BCUT2D eigenvalue weighted by Crippen LogP contribution is -2.28. The second kappa shape index (κ2) is 8.37. The number of benzene rings is 2. The average Bonchev–Trinajstić information content (AvgIpc) is 3.65. The van der Waals surface area contributed by atoms with Crippen LogP contribution in [-0.2, 0) is 9.59 Å². The molecule has 1 aliphatic rings. The van der Waals surface area contributed by atoms with E-state index in [1.54, 1.807) is 6.20 Å². The van der Waals surface area contributed by atoms with E-state index in [2.05, 4.69) is 9.97 Å². The zero-order valence-electron chi connectivity index (χ0n) is 18.5. The van der Waals surface area contributed by atoms with Crippen molar-refractivity contribution in [3.63, 3.8) is 0 Å². The number of Topliss-reactive ketones (excluding diaryl/α,β-unsaturated/α-hetero) is 1. The highest BCUT2D eigenvalue weighted by molar-refractivity contribution is 7.22. The smallest absolute Gasteiger partial charge is 0.301 e. The number of hydrogen-bond donors (Lipinski definition) is 2. The molecule has 7 nitrogen and oxygen atoms in total. The van der Waals surface area contributed by atoms with Gasteiger partial charge in [-0.1, -0.05) is 35.6 Å². The van der Waals surface area contributed by atoms with Gasteiger partial charge in [-0.25, -0.2) is 4.98 Å². The van der Waals surface area contributed by atoms with E-state index in [-0.39, 0.29) is 11.3 Å². The SMILES string of the molecule is CCOc1ccc2nc(N3C(=O)C(=O)/C(=C(/O)c4c[nH]c5ccccc45)C3c3cccs3)sc2c1. The number of aliphatic hydroxyl groups is 1. The molecule has 5 aromatic rings. The van der Waals surface area contributed by atoms with Crippen molar-refractivity contribution < 1.29 is 19.4 Å². The quantitative estimate of drug-likeness (QED) is 0.179. The third-order valence-electron chi connectivity index (χ3n) is 5.97. The average molecular weight is 502 g/mol. The molecule has 0 bridgehead atoms. The van der Waals surface area contributed by atoms with Crippen LogP contribution in [0.5, 0.6) is 5.75 Å². The maximum Gasteiger partial charge on any atom is 0.301 e. The zero-order valence-corrected chi connectivity index (χ0v) is 20.2. The summed E-state index contributed by atoms with van der Waals surface area (Å²) >= 11 is 2.73. The molecule has 0 spiro atoms. The van der Waals surface area contributed by atoms with Crippen molar-refractivity contribution in [2.45, 2.75) is 13.0 Å². The number of ether oxygens (including phenoxy) is 1. The molecular formula is C26H19N3O4S2. The van der Waals surface area contributed by atoms with E-state index in [0.717, 1.165) is 20.5 Å². The van der Waals surface area contributed by atoms with E-state index in [9.17, 15) is 14.7 Å². The van der Waals surface area contributed by atoms with Crippen molar-refractivity contribution in [1.29, 1.82) is 0 Å². The molecule has 0 aliphatic carbocycles. The summed E-state index contributed by atoms with van der Waals surface area (Å²) in [6.45, 7) is 2.45. The van der Waals surface area contributed by atoms with Gasteiger partial charge >= 0.3 is 5.91 Å². The van der Waals surface area contributed by atoms with Gasteiger partial charge in [0.25, 0.3) is 5.78 Å². The molecule has 0 saturated carbocycles. The number of aromatic amines is 1. The predicted molar refractivity (Wildman–Crippen MR) is 138 cm³/mol. The number of anilines is 1.